The Hall–Kier alpha value is -3.81. The number of aromatic nitrogens is 4. The largest absolute Gasteiger partial charge is 0.495 e. The number of fused-ring (bicyclic) bond motifs is 1. The molecule has 8 heteroatoms. The molecule has 0 fully saturated rings. The van der Waals surface area contributed by atoms with Gasteiger partial charge in [-0.1, -0.05) is 12.1 Å². The zero-order valence-corrected chi connectivity index (χ0v) is 14.7. The van der Waals surface area contributed by atoms with Crippen molar-refractivity contribution in [2.75, 3.05) is 12.4 Å². The standard InChI is InChI=1S/C19H17N5O3/c1-23-11-13(10-21-23)15-7-12-9-20-18(8-16(12)24(15)19(25)26)22-14-5-3-4-6-17(14)27-2/h3-11H,1-2H3,(H,20,22)(H,25,26). The van der Waals surface area contributed by atoms with Crippen LogP contribution in [0.5, 0.6) is 5.75 Å². The SMILES string of the molecule is COc1ccccc1Nc1cc2c(cn1)cc(-c1cnn(C)c1)n2C(=O)O. The first-order valence-corrected chi connectivity index (χ1v) is 8.20. The van der Waals surface area contributed by atoms with Crippen molar-refractivity contribution in [1.29, 1.82) is 0 Å². The molecule has 4 aromatic rings. The van der Waals surface area contributed by atoms with Crippen LogP contribution in [0.15, 0.2) is 55.0 Å². The predicted octanol–water partition coefficient (Wildman–Crippen LogP) is 3.72. The van der Waals surface area contributed by atoms with E-state index in [1.807, 2.05) is 24.3 Å². The maximum absolute atomic E-state index is 11.9. The highest BCUT2D eigenvalue weighted by Crippen LogP contribution is 2.31. The number of hydrogen-bond donors (Lipinski definition) is 2. The van der Waals surface area contributed by atoms with E-state index < -0.39 is 6.09 Å². The Morgan fingerprint density at radius 2 is 2.04 bits per heavy atom. The van der Waals surface area contributed by atoms with Crippen LogP contribution in [0.1, 0.15) is 0 Å². The molecule has 136 valence electrons. The summed E-state index contributed by atoms with van der Waals surface area (Å²) in [6, 6.07) is 10.9. The van der Waals surface area contributed by atoms with Gasteiger partial charge in [-0.3, -0.25) is 4.68 Å². The van der Waals surface area contributed by atoms with Gasteiger partial charge >= 0.3 is 6.09 Å². The molecule has 0 aliphatic heterocycles. The lowest BCUT2D eigenvalue weighted by molar-refractivity contribution is 0.198. The third kappa shape index (κ3) is 2.97. The topological polar surface area (TPSA) is 94.2 Å². The molecule has 0 aliphatic carbocycles. The number of nitrogens with zero attached hydrogens (tertiary/aromatic N) is 4. The van der Waals surface area contributed by atoms with Crippen LogP contribution < -0.4 is 10.1 Å². The van der Waals surface area contributed by atoms with Crippen molar-refractivity contribution in [2.45, 2.75) is 0 Å². The summed E-state index contributed by atoms with van der Waals surface area (Å²) in [5.41, 5.74) is 2.54. The first kappa shape index (κ1) is 16.6. The van der Waals surface area contributed by atoms with Crippen LogP contribution in [-0.4, -0.2) is 37.6 Å². The molecule has 8 nitrogen and oxygen atoms in total. The highest BCUT2D eigenvalue weighted by atomic mass is 16.5. The fourth-order valence-corrected chi connectivity index (χ4v) is 3.03. The van der Waals surface area contributed by atoms with Gasteiger partial charge in [-0.15, -0.1) is 0 Å². The highest BCUT2D eigenvalue weighted by Gasteiger charge is 2.18. The molecule has 0 saturated heterocycles. The normalized spacial score (nSPS) is 10.9. The van der Waals surface area contributed by atoms with Gasteiger partial charge in [-0.25, -0.2) is 14.3 Å². The Bertz CT molecular complexity index is 1150. The minimum atomic E-state index is -1.07. The molecule has 4 rings (SSSR count). The van der Waals surface area contributed by atoms with Gasteiger partial charge in [0.25, 0.3) is 0 Å². The molecule has 3 aromatic heterocycles. The fraction of sp³-hybridized carbons (Fsp3) is 0.105. The van der Waals surface area contributed by atoms with Gasteiger partial charge < -0.3 is 15.2 Å². The highest BCUT2D eigenvalue weighted by molar-refractivity contribution is 5.96. The van der Waals surface area contributed by atoms with E-state index in [2.05, 4.69) is 15.4 Å². The Balaban J connectivity index is 1.82. The number of nitrogens with one attached hydrogen (secondary N) is 1. The van der Waals surface area contributed by atoms with E-state index in [1.54, 1.807) is 49.6 Å². The van der Waals surface area contributed by atoms with Crippen molar-refractivity contribution in [2.24, 2.45) is 7.05 Å². The number of rotatable bonds is 4. The monoisotopic (exact) mass is 363 g/mol. The number of pyridine rings is 1. The molecular formula is C19H17N5O3. The van der Waals surface area contributed by atoms with E-state index in [9.17, 15) is 9.90 Å². The van der Waals surface area contributed by atoms with E-state index in [-0.39, 0.29) is 0 Å². The maximum atomic E-state index is 11.9. The van der Waals surface area contributed by atoms with E-state index in [1.165, 1.54) is 4.57 Å². The number of hydrogen-bond acceptors (Lipinski definition) is 5. The molecule has 0 unspecified atom stereocenters. The quantitative estimate of drug-likeness (QED) is 0.574. The van der Waals surface area contributed by atoms with E-state index in [4.69, 9.17) is 4.74 Å². The van der Waals surface area contributed by atoms with Crippen LogP contribution in [-0.2, 0) is 7.05 Å². The van der Waals surface area contributed by atoms with Crippen LogP contribution in [0.3, 0.4) is 0 Å². The van der Waals surface area contributed by atoms with Crippen LogP contribution in [0, 0.1) is 0 Å². The zero-order valence-electron chi connectivity index (χ0n) is 14.7. The summed E-state index contributed by atoms with van der Waals surface area (Å²) in [6.45, 7) is 0. The number of carboxylic acid groups (broad SMARTS) is 1. The van der Waals surface area contributed by atoms with Gasteiger partial charge in [-0.2, -0.15) is 5.10 Å². The summed E-state index contributed by atoms with van der Waals surface area (Å²) in [4.78, 5) is 16.3. The van der Waals surface area contributed by atoms with Crippen LogP contribution >= 0.6 is 0 Å². The number of benzene rings is 1. The smallest absolute Gasteiger partial charge is 0.416 e. The van der Waals surface area contributed by atoms with Crippen molar-refractivity contribution in [1.82, 2.24) is 19.3 Å². The fourth-order valence-electron chi connectivity index (χ4n) is 3.03. The molecule has 0 spiro atoms. The van der Waals surface area contributed by atoms with Crippen LogP contribution in [0.2, 0.25) is 0 Å². The lowest BCUT2D eigenvalue weighted by Gasteiger charge is -2.10. The maximum Gasteiger partial charge on any atom is 0.416 e. The van der Waals surface area contributed by atoms with Gasteiger partial charge in [0.05, 0.1) is 30.2 Å². The Morgan fingerprint density at radius 3 is 2.74 bits per heavy atom. The van der Waals surface area contributed by atoms with Crippen molar-refractivity contribution in [3.63, 3.8) is 0 Å². The number of aryl methyl sites for hydroxylation is 1. The minimum absolute atomic E-state index is 0.519. The van der Waals surface area contributed by atoms with E-state index in [0.29, 0.717) is 22.8 Å². The molecule has 0 atom stereocenters. The molecule has 1 aromatic carbocycles. The van der Waals surface area contributed by atoms with Gasteiger partial charge in [0, 0.05) is 36.5 Å². The molecule has 0 saturated carbocycles. The summed E-state index contributed by atoms with van der Waals surface area (Å²) < 4.78 is 8.20. The zero-order chi connectivity index (χ0) is 19.0. The van der Waals surface area contributed by atoms with Crippen LogP contribution in [0.4, 0.5) is 16.3 Å². The summed E-state index contributed by atoms with van der Waals surface area (Å²) >= 11 is 0. The second-order valence-electron chi connectivity index (χ2n) is 6.00. The Kier molecular flexibility index (Phi) is 4.00. The van der Waals surface area contributed by atoms with Crippen molar-refractivity contribution >= 4 is 28.5 Å². The van der Waals surface area contributed by atoms with Gasteiger partial charge in [0.15, 0.2) is 0 Å². The predicted molar refractivity (Wildman–Crippen MR) is 102 cm³/mol. The molecule has 0 aliphatic rings. The molecule has 0 amide bonds. The third-order valence-corrected chi connectivity index (χ3v) is 4.25. The molecule has 0 radical (unpaired) electrons. The number of ether oxygens (including phenoxy) is 1. The summed E-state index contributed by atoms with van der Waals surface area (Å²) in [5, 5.41) is 17.8. The molecular weight excluding hydrogens is 346 g/mol. The molecule has 27 heavy (non-hydrogen) atoms. The Morgan fingerprint density at radius 1 is 1.22 bits per heavy atom. The number of carbonyl (C=O) groups is 1. The first-order chi connectivity index (χ1) is 13.1. The van der Waals surface area contributed by atoms with Gasteiger partial charge in [-0.05, 0) is 18.2 Å². The second kappa shape index (κ2) is 6.49. The van der Waals surface area contributed by atoms with Crippen molar-refractivity contribution < 1.29 is 14.6 Å². The summed E-state index contributed by atoms with van der Waals surface area (Å²) in [6.07, 6.45) is 3.98. The van der Waals surface area contributed by atoms with E-state index >= 15 is 0 Å². The lowest BCUT2D eigenvalue weighted by Crippen LogP contribution is -2.09. The minimum Gasteiger partial charge on any atom is -0.495 e. The average Bonchev–Trinajstić information content (AvgIpc) is 3.25. The Labute approximate surface area is 154 Å². The second-order valence-corrected chi connectivity index (χ2v) is 6.00. The van der Waals surface area contributed by atoms with Crippen molar-refractivity contribution in [3.05, 3.63) is 55.0 Å². The summed E-state index contributed by atoms with van der Waals surface area (Å²) in [5.74, 6) is 1.19. The van der Waals surface area contributed by atoms with Crippen molar-refractivity contribution in [3.8, 4) is 17.0 Å². The van der Waals surface area contributed by atoms with Gasteiger partial charge in [0.1, 0.15) is 11.6 Å². The van der Waals surface area contributed by atoms with E-state index in [0.717, 1.165) is 16.6 Å². The number of anilines is 2. The first-order valence-electron chi connectivity index (χ1n) is 8.20. The van der Waals surface area contributed by atoms with Gasteiger partial charge in [0.2, 0.25) is 0 Å². The number of para-hydroxylation sites is 2. The summed E-state index contributed by atoms with van der Waals surface area (Å²) in [7, 11) is 3.38. The van der Waals surface area contributed by atoms with Crippen LogP contribution in [0.25, 0.3) is 22.2 Å². The molecule has 0 bridgehead atoms. The lowest BCUT2D eigenvalue weighted by atomic mass is 10.2. The average molecular weight is 363 g/mol. The molecule has 2 N–H and O–H groups in total. The molecule has 3 heterocycles. The third-order valence-electron chi connectivity index (χ3n) is 4.25. The number of methoxy groups -OCH3 is 1.